The summed E-state index contributed by atoms with van der Waals surface area (Å²) in [7, 11) is -9.12. The van der Waals surface area contributed by atoms with E-state index in [2.05, 4.69) is 20.6 Å². The Morgan fingerprint density at radius 1 is 0.750 bits per heavy atom. The van der Waals surface area contributed by atoms with Gasteiger partial charge < -0.3 is 47.7 Å². The number of aldehydes is 2. The summed E-state index contributed by atoms with van der Waals surface area (Å²) in [6.07, 6.45) is 3.65. The Labute approximate surface area is 328 Å². The molecule has 0 bridgehead atoms. The molecule has 24 heteroatoms. The third-order valence-corrected chi connectivity index (χ3v) is 9.24. The lowest BCUT2D eigenvalue weighted by Crippen LogP contribution is -2.78. The molecule has 0 saturated heterocycles. The molecule has 16 N–H and O–H groups in total. The molecule has 0 saturated carbocycles. The van der Waals surface area contributed by atoms with Gasteiger partial charge in [-0.3, -0.25) is 45.2 Å². The second kappa shape index (κ2) is 27.5. The lowest BCUT2D eigenvalue weighted by molar-refractivity contribution is -0.459. The van der Waals surface area contributed by atoms with Gasteiger partial charge in [-0.05, 0) is 50.4 Å². The number of carbonyl (C=O) groups is 6. The van der Waals surface area contributed by atoms with Crippen LogP contribution in [-0.2, 0) is 49.0 Å². The van der Waals surface area contributed by atoms with Gasteiger partial charge >= 0.3 is 5.96 Å². The Balaban J connectivity index is 0. The van der Waals surface area contributed by atoms with Gasteiger partial charge in [0, 0.05) is 31.2 Å². The number of amides is 2. The van der Waals surface area contributed by atoms with Crippen LogP contribution in [0.2, 0.25) is 0 Å². The summed E-state index contributed by atoms with van der Waals surface area (Å²) < 4.78 is 62.8. The van der Waals surface area contributed by atoms with E-state index in [0.717, 1.165) is 0 Å². The normalized spacial score (nSPS) is 14.8. The van der Waals surface area contributed by atoms with Gasteiger partial charge in [0.1, 0.15) is 18.6 Å². The molecule has 0 rings (SSSR count). The van der Waals surface area contributed by atoms with E-state index in [1.54, 1.807) is 0 Å². The lowest BCUT2D eigenvalue weighted by Gasteiger charge is -2.23. The van der Waals surface area contributed by atoms with Crippen LogP contribution in [0, 0.1) is 23.7 Å². The largest absolute Gasteiger partial charge is 0.748 e. The Morgan fingerprint density at radius 3 is 1.50 bits per heavy atom. The minimum atomic E-state index is -4.68. The highest BCUT2D eigenvalue weighted by Crippen LogP contribution is 2.16. The van der Waals surface area contributed by atoms with Crippen LogP contribution in [0.25, 0.3) is 0 Å². The Morgan fingerprint density at radius 2 is 1.16 bits per heavy atom. The molecule has 0 aliphatic carbocycles. The quantitative estimate of drug-likeness (QED) is 0.0116. The maximum Gasteiger partial charge on any atom is 0.338 e. The van der Waals surface area contributed by atoms with E-state index < -0.39 is 79.6 Å². The molecular weight excluding hydrogens is 781 g/mol. The molecule has 324 valence electrons. The van der Waals surface area contributed by atoms with Gasteiger partial charge in [0.25, 0.3) is 10.1 Å². The van der Waals surface area contributed by atoms with Gasteiger partial charge in [-0.15, -0.1) is 0 Å². The third-order valence-electron chi connectivity index (χ3n) is 7.69. The van der Waals surface area contributed by atoms with E-state index in [1.807, 2.05) is 27.7 Å². The predicted octanol–water partition coefficient (Wildman–Crippen LogP) is -5.14. The lowest BCUT2D eigenvalue weighted by atomic mass is 9.91. The van der Waals surface area contributed by atoms with Crippen molar-refractivity contribution in [2.75, 3.05) is 24.6 Å². The molecular formula is C32H62N10O12S2. The highest BCUT2D eigenvalue weighted by molar-refractivity contribution is 7.86. The average Bonchev–Trinajstić information content (AvgIpc) is 3.04. The number of rotatable bonds is 28. The number of nitrogens with one attached hydrogen (secondary N) is 3. The van der Waals surface area contributed by atoms with Crippen molar-refractivity contribution in [3.8, 4) is 0 Å². The smallest absolute Gasteiger partial charge is 0.338 e. The number of hydrogen-bond donors (Lipinski definition) is 10. The number of nitrogens with zero attached hydrogens (tertiary/aromatic N) is 1. The van der Waals surface area contributed by atoms with E-state index >= 15 is 0 Å². The monoisotopic (exact) mass is 842 g/mol. The van der Waals surface area contributed by atoms with Crippen molar-refractivity contribution in [2.45, 2.75) is 103 Å². The second-order valence-corrected chi connectivity index (χ2v) is 17.1. The van der Waals surface area contributed by atoms with Gasteiger partial charge in [-0.2, -0.15) is 8.42 Å². The van der Waals surface area contributed by atoms with Crippen LogP contribution < -0.4 is 50.0 Å². The molecule has 0 aromatic rings. The summed E-state index contributed by atoms with van der Waals surface area (Å²) in [5.41, 5.74) is 31.9. The minimum Gasteiger partial charge on any atom is -0.748 e. The number of ketones is 2. The van der Waals surface area contributed by atoms with E-state index in [9.17, 15) is 50.2 Å². The van der Waals surface area contributed by atoms with Gasteiger partial charge in [-0.25, -0.2) is 8.42 Å². The fourth-order valence-electron chi connectivity index (χ4n) is 5.04. The molecule has 2 amide bonds. The van der Waals surface area contributed by atoms with Gasteiger partial charge in [0.2, 0.25) is 11.8 Å². The van der Waals surface area contributed by atoms with Gasteiger partial charge in [-0.1, -0.05) is 27.7 Å². The van der Waals surface area contributed by atoms with Crippen LogP contribution in [-0.4, -0.2) is 123 Å². The number of hydrogen-bond acceptors (Lipinski definition) is 14. The molecule has 0 aromatic heterocycles. The Bertz CT molecular complexity index is 1430. The molecule has 0 heterocycles. The molecule has 56 heavy (non-hydrogen) atoms. The highest BCUT2D eigenvalue weighted by atomic mass is 32.2. The fraction of sp³-hybridized carbons (Fsp3) is 0.750. The Kier molecular flexibility index (Phi) is 26.5. The molecule has 0 radical (unpaired) electrons. The third kappa shape index (κ3) is 29.2. The number of carbonyl (C=O) groups excluding carboxylic acids is 6. The van der Waals surface area contributed by atoms with Crippen molar-refractivity contribution in [3.05, 3.63) is 0 Å². The van der Waals surface area contributed by atoms with E-state index in [0.29, 0.717) is 57.8 Å². The molecule has 0 aromatic carbocycles. The van der Waals surface area contributed by atoms with Crippen LogP contribution in [0.1, 0.15) is 79.1 Å². The molecule has 0 aliphatic rings. The topological polar surface area (TPSA) is 420 Å². The molecule has 0 aliphatic heterocycles. The minimum absolute atomic E-state index is 0.0377. The van der Waals surface area contributed by atoms with Crippen molar-refractivity contribution >= 4 is 68.1 Å². The summed E-state index contributed by atoms with van der Waals surface area (Å²) >= 11 is 0. The molecule has 0 spiro atoms. The summed E-state index contributed by atoms with van der Waals surface area (Å²) in [6, 6.07) is -4.93. The SMILES string of the molecule is CC(C)CC(NC(=O)C(N)CS(=O)(=O)O)C(=O)CC(C=O)CCCN=C(N)N.CC(C)CC(NC(=O)C(N)CS(=O)(=O)[O-])C(=O)CC(C=O)CCC[NH+]=C(N)N. The summed E-state index contributed by atoms with van der Waals surface area (Å²) in [6.45, 7) is 8.15. The van der Waals surface area contributed by atoms with Crippen LogP contribution >= 0.6 is 0 Å². The number of aliphatic imine (C=N–C) groups is 1. The average molecular weight is 843 g/mol. The zero-order chi connectivity index (χ0) is 43.8. The maximum atomic E-state index is 12.6. The molecule has 22 nitrogen and oxygen atoms in total. The summed E-state index contributed by atoms with van der Waals surface area (Å²) in [5.74, 6) is -5.53. The van der Waals surface area contributed by atoms with Crippen molar-refractivity contribution in [3.63, 3.8) is 0 Å². The van der Waals surface area contributed by atoms with Gasteiger partial charge in [0.15, 0.2) is 17.5 Å². The fourth-order valence-corrected chi connectivity index (χ4v) is 6.23. The van der Waals surface area contributed by atoms with Crippen molar-refractivity contribution < 1.29 is 59.7 Å². The zero-order valence-electron chi connectivity index (χ0n) is 32.4. The van der Waals surface area contributed by atoms with Crippen LogP contribution in [0.15, 0.2) is 4.99 Å². The van der Waals surface area contributed by atoms with Crippen LogP contribution in [0.4, 0.5) is 0 Å². The second-order valence-electron chi connectivity index (χ2n) is 14.2. The van der Waals surface area contributed by atoms with E-state index in [1.165, 1.54) is 0 Å². The standard InChI is InChI=1S/2C16H31N5O6S/c2*1-10(2)6-13(21-15(24)12(17)9-28(25,26)27)14(23)7-11(8-22)4-3-5-20-16(18)19/h2*8,10-13H,3-7,9,17H2,1-2H3,(H,21,24)(H4,18,19,20)(H,25,26,27). The first-order valence-electron chi connectivity index (χ1n) is 17.8. The molecule has 0 fully saturated rings. The first kappa shape index (κ1) is 54.0. The maximum absolute atomic E-state index is 12.6. The zero-order valence-corrected chi connectivity index (χ0v) is 34.1. The van der Waals surface area contributed by atoms with Crippen molar-refractivity contribution in [1.82, 2.24) is 10.6 Å². The summed E-state index contributed by atoms with van der Waals surface area (Å²) in [5, 5.41) is 4.82. The number of nitrogens with two attached hydrogens (primary N) is 6. The Hall–Kier alpha value is -4.10. The molecule has 6 atom stereocenters. The van der Waals surface area contributed by atoms with Crippen LogP contribution in [0.5, 0.6) is 0 Å². The van der Waals surface area contributed by atoms with Gasteiger partial charge in [0.05, 0.1) is 46.3 Å². The van der Waals surface area contributed by atoms with E-state index in [4.69, 9.17) is 39.0 Å². The van der Waals surface area contributed by atoms with Crippen LogP contribution in [0.3, 0.4) is 0 Å². The predicted molar refractivity (Wildman–Crippen MR) is 206 cm³/mol. The van der Waals surface area contributed by atoms with E-state index in [-0.39, 0.29) is 54.6 Å². The summed E-state index contributed by atoms with van der Waals surface area (Å²) in [4.78, 5) is 78.3. The first-order valence-corrected chi connectivity index (χ1v) is 21.0. The van der Waals surface area contributed by atoms with Crippen molar-refractivity contribution in [1.29, 1.82) is 0 Å². The van der Waals surface area contributed by atoms with Crippen molar-refractivity contribution in [2.24, 2.45) is 63.1 Å². The first-order chi connectivity index (χ1) is 25.7. The number of Topliss-reactive ketones (excluding diaryl/α,β-unsaturated/α-hetero) is 2. The molecule has 6 unspecified atom stereocenters. The highest BCUT2D eigenvalue weighted by Gasteiger charge is 2.29. The number of guanidine groups is 2.